The quantitative estimate of drug-likeness (QED) is 0.263. The maximum atomic E-state index is 6.00. The van der Waals surface area contributed by atoms with E-state index in [0.717, 1.165) is 40.8 Å². The molecule has 0 unspecified atom stereocenters. The van der Waals surface area contributed by atoms with Gasteiger partial charge in [0.2, 0.25) is 0 Å². The van der Waals surface area contributed by atoms with Crippen molar-refractivity contribution in [1.82, 2.24) is 25.6 Å². The fraction of sp³-hybridized carbons (Fsp3) is 0.133. The molecule has 0 aliphatic carbocycles. The molecule has 6 nitrogen and oxygen atoms in total. The first-order valence-corrected chi connectivity index (χ1v) is 12.0. The lowest BCUT2D eigenvalue weighted by Crippen LogP contribution is -1.98. The van der Waals surface area contributed by atoms with Crippen LogP contribution in [0.3, 0.4) is 0 Å². The minimum absolute atomic E-state index is 0.443. The summed E-state index contributed by atoms with van der Waals surface area (Å²) in [5.41, 5.74) is 6.83. The van der Waals surface area contributed by atoms with Crippen LogP contribution < -0.4 is 4.74 Å². The van der Waals surface area contributed by atoms with Gasteiger partial charge in [-0.2, -0.15) is 0 Å². The number of nitrogens with one attached hydrogen (secondary N) is 1. The zero-order valence-electron chi connectivity index (χ0n) is 20.1. The minimum Gasteiger partial charge on any atom is -0.487 e. The highest BCUT2D eigenvalue weighted by molar-refractivity contribution is 5.78. The molecule has 0 spiro atoms. The van der Waals surface area contributed by atoms with E-state index in [9.17, 15) is 0 Å². The van der Waals surface area contributed by atoms with E-state index in [-0.39, 0.29) is 0 Å². The van der Waals surface area contributed by atoms with E-state index in [4.69, 9.17) is 4.74 Å². The van der Waals surface area contributed by atoms with Crippen molar-refractivity contribution >= 4 is 28.6 Å². The molecule has 6 heteroatoms. The molecule has 178 valence electrons. The molecule has 0 bridgehead atoms. The first-order chi connectivity index (χ1) is 17.8. The fourth-order valence-electron chi connectivity index (χ4n) is 4.11. The van der Waals surface area contributed by atoms with Gasteiger partial charge in [-0.3, -0.25) is 0 Å². The number of pyridine rings is 1. The van der Waals surface area contributed by atoms with Crippen LogP contribution in [0.1, 0.15) is 41.6 Å². The minimum atomic E-state index is 0.443. The normalized spacial score (nSPS) is 11.9. The van der Waals surface area contributed by atoms with Gasteiger partial charge in [0.15, 0.2) is 5.82 Å². The largest absolute Gasteiger partial charge is 0.487 e. The Morgan fingerprint density at radius 2 is 1.81 bits per heavy atom. The number of tetrazole rings is 1. The summed E-state index contributed by atoms with van der Waals surface area (Å²) in [4.78, 5) is 4.68. The van der Waals surface area contributed by atoms with E-state index in [0.29, 0.717) is 12.4 Å². The number of H-pyrrole nitrogens is 1. The number of hydrogen-bond acceptors (Lipinski definition) is 5. The van der Waals surface area contributed by atoms with Gasteiger partial charge in [0.05, 0.1) is 11.2 Å². The zero-order valence-corrected chi connectivity index (χ0v) is 20.1. The molecule has 0 saturated heterocycles. The molecule has 3 aromatic carbocycles. The summed E-state index contributed by atoms with van der Waals surface area (Å²) in [5.74, 6) is 1.48. The van der Waals surface area contributed by atoms with Crippen molar-refractivity contribution in [2.45, 2.75) is 26.4 Å². The van der Waals surface area contributed by atoms with Crippen molar-refractivity contribution in [3.63, 3.8) is 0 Å². The second-order valence-electron chi connectivity index (χ2n) is 8.49. The molecule has 2 aromatic heterocycles. The summed E-state index contributed by atoms with van der Waals surface area (Å²) >= 11 is 0. The summed E-state index contributed by atoms with van der Waals surface area (Å²) in [5, 5.41) is 14.9. The standard InChI is InChI=1S/C30H27N5O/c1-2-24(12-10-22-6-5-7-23(20-22)11-19-30-32-34-35-33-30)25-14-17-28(18-15-25)36-21-27-16-13-26-8-3-4-9-29(26)31-27/h2-9,11,13-20H,10,12,21H2,1H3,(H,32,33,34,35)/b19-11+,24-2-. The van der Waals surface area contributed by atoms with Gasteiger partial charge in [0.25, 0.3) is 0 Å². The molecule has 0 saturated carbocycles. The molecule has 1 N–H and O–H groups in total. The Kier molecular flexibility index (Phi) is 7.23. The van der Waals surface area contributed by atoms with Crippen LogP contribution in [0.5, 0.6) is 5.75 Å². The van der Waals surface area contributed by atoms with Crippen LogP contribution in [0.25, 0.3) is 28.6 Å². The number of para-hydroxylation sites is 1. The van der Waals surface area contributed by atoms with E-state index in [1.807, 2.05) is 48.6 Å². The number of rotatable bonds is 9. The number of aryl methyl sites for hydroxylation is 1. The third kappa shape index (κ3) is 5.91. The molecule has 36 heavy (non-hydrogen) atoms. The van der Waals surface area contributed by atoms with Gasteiger partial charge in [-0.15, -0.1) is 5.10 Å². The number of fused-ring (bicyclic) bond motifs is 1. The lowest BCUT2D eigenvalue weighted by Gasteiger charge is -2.11. The van der Waals surface area contributed by atoms with Gasteiger partial charge >= 0.3 is 0 Å². The third-order valence-corrected chi connectivity index (χ3v) is 6.05. The number of ether oxygens (including phenoxy) is 1. The summed E-state index contributed by atoms with van der Waals surface area (Å²) in [6, 6.07) is 29.1. The van der Waals surface area contributed by atoms with Gasteiger partial charge in [-0.25, -0.2) is 10.1 Å². The van der Waals surface area contributed by atoms with Crippen LogP contribution in [-0.4, -0.2) is 25.6 Å². The first-order valence-electron chi connectivity index (χ1n) is 12.0. The molecule has 0 aliphatic heterocycles. The highest BCUT2D eigenvalue weighted by Gasteiger charge is 2.05. The second-order valence-corrected chi connectivity index (χ2v) is 8.49. The average Bonchev–Trinajstić information content (AvgIpc) is 3.46. The maximum Gasteiger partial charge on any atom is 0.172 e. The number of aromatic nitrogens is 5. The topological polar surface area (TPSA) is 76.6 Å². The van der Waals surface area contributed by atoms with Gasteiger partial charge < -0.3 is 4.74 Å². The van der Waals surface area contributed by atoms with Crippen molar-refractivity contribution in [3.8, 4) is 5.75 Å². The number of hydrogen-bond donors (Lipinski definition) is 1. The Labute approximate surface area is 210 Å². The summed E-state index contributed by atoms with van der Waals surface area (Å²) in [7, 11) is 0. The van der Waals surface area contributed by atoms with E-state index in [2.05, 4.69) is 87.1 Å². The summed E-state index contributed by atoms with van der Waals surface area (Å²) < 4.78 is 6.00. The lowest BCUT2D eigenvalue weighted by atomic mass is 9.97. The van der Waals surface area contributed by atoms with Crippen molar-refractivity contribution in [2.24, 2.45) is 0 Å². The molecule has 5 rings (SSSR count). The summed E-state index contributed by atoms with van der Waals surface area (Å²) in [6.45, 7) is 2.54. The summed E-state index contributed by atoms with van der Waals surface area (Å²) in [6.07, 6.45) is 7.98. The van der Waals surface area contributed by atoms with Crippen LogP contribution in [0.2, 0.25) is 0 Å². The van der Waals surface area contributed by atoms with Gasteiger partial charge in [0.1, 0.15) is 12.4 Å². The molecule has 0 fully saturated rings. The molecule has 0 amide bonds. The van der Waals surface area contributed by atoms with Crippen molar-refractivity contribution in [3.05, 3.63) is 119 Å². The van der Waals surface area contributed by atoms with Gasteiger partial charge in [0, 0.05) is 5.39 Å². The van der Waals surface area contributed by atoms with Crippen LogP contribution in [0.15, 0.2) is 91.0 Å². The molecule has 2 heterocycles. The second kappa shape index (κ2) is 11.2. The van der Waals surface area contributed by atoms with E-state index < -0.39 is 0 Å². The Balaban J connectivity index is 1.17. The smallest absolute Gasteiger partial charge is 0.172 e. The Morgan fingerprint density at radius 1 is 0.917 bits per heavy atom. The maximum absolute atomic E-state index is 6.00. The number of allylic oxidation sites excluding steroid dienone is 2. The zero-order chi connectivity index (χ0) is 24.6. The van der Waals surface area contributed by atoms with Gasteiger partial charge in [-0.05, 0) is 82.8 Å². The van der Waals surface area contributed by atoms with Crippen LogP contribution in [0.4, 0.5) is 0 Å². The van der Waals surface area contributed by atoms with E-state index in [1.165, 1.54) is 16.7 Å². The van der Waals surface area contributed by atoms with Crippen molar-refractivity contribution in [2.75, 3.05) is 0 Å². The predicted molar refractivity (Wildman–Crippen MR) is 144 cm³/mol. The van der Waals surface area contributed by atoms with Crippen LogP contribution in [0, 0.1) is 0 Å². The molecule has 5 aromatic rings. The van der Waals surface area contributed by atoms with Crippen LogP contribution >= 0.6 is 0 Å². The monoisotopic (exact) mass is 473 g/mol. The molecular weight excluding hydrogens is 446 g/mol. The van der Waals surface area contributed by atoms with Gasteiger partial charge in [-0.1, -0.05) is 72.8 Å². The van der Waals surface area contributed by atoms with E-state index >= 15 is 0 Å². The van der Waals surface area contributed by atoms with Crippen LogP contribution in [-0.2, 0) is 13.0 Å². The SMILES string of the molecule is C/C=C(/CCc1cccc(/C=C/c2nnn[nH]2)c1)c1ccc(OCc2ccc3ccccc3n2)cc1. The number of aromatic amines is 1. The Bertz CT molecular complexity index is 1490. The third-order valence-electron chi connectivity index (χ3n) is 6.05. The Morgan fingerprint density at radius 3 is 2.64 bits per heavy atom. The average molecular weight is 474 g/mol. The molecular formula is C30H27N5O. The lowest BCUT2D eigenvalue weighted by molar-refractivity contribution is 0.302. The molecule has 0 aliphatic rings. The van der Waals surface area contributed by atoms with E-state index in [1.54, 1.807) is 0 Å². The number of nitrogens with zero attached hydrogens (tertiary/aromatic N) is 4. The highest BCUT2D eigenvalue weighted by atomic mass is 16.5. The fourth-order valence-corrected chi connectivity index (χ4v) is 4.11. The highest BCUT2D eigenvalue weighted by Crippen LogP contribution is 2.24. The van der Waals surface area contributed by atoms with Crippen molar-refractivity contribution < 1.29 is 4.74 Å². The first kappa shape index (κ1) is 23.2. The number of benzene rings is 3. The predicted octanol–water partition coefficient (Wildman–Crippen LogP) is 6.53. The van der Waals surface area contributed by atoms with Crippen molar-refractivity contribution in [1.29, 1.82) is 0 Å². The molecule has 0 atom stereocenters. The molecule has 0 radical (unpaired) electrons. The Hall–Kier alpha value is -4.58.